The third-order valence-corrected chi connectivity index (χ3v) is 3.45. The lowest BCUT2D eigenvalue weighted by molar-refractivity contribution is 0.0950. The minimum atomic E-state index is -0.0672. The Labute approximate surface area is 141 Å². The van der Waals surface area contributed by atoms with Crippen molar-refractivity contribution >= 4 is 30.7 Å². The van der Waals surface area contributed by atoms with Crippen molar-refractivity contribution in [3.63, 3.8) is 0 Å². The zero-order valence-corrected chi connectivity index (χ0v) is 13.6. The summed E-state index contributed by atoms with van der Waals surface area (Å²) in [5.41, 5.74) is 0.613. The van der Waals surface area contributed by atoms with E-state index in [4.69, 9.17) is 0 Å². The van der Waals surface area contributed by atoms with Crippen LogP contribution in [0.4, 0.5) is 0 Å². The molecule has 0 bridgehead atoms. The number of nitrogens with one attached hydrogen (secondary N) is 2. The van der Waals surface area contributed by atoms with Crippen LogP contribution in [0.3, 0.4) is 0 Å². The molecular formula is C14H19Cl2N5O. The summed E-state index contributed by atoms with van der Waals surface area (Å²) >= 11 is 0. The van der Waals surface area contributed by atoms with Gasteiger partial charge in [-0.05, 0) is 31.5 Å². The number of carbonyl (C=O) groups excluding carboxylic acids is 1. The minimum Gasteiger partial charge on any atom is -0.350 e. The zero-order chi connectivity index (χ0) is 13.8. The fourth-order valence-corrected chi connectivity index (χ4v) is 2.34. The van der Waals surface area contributed by atoms with Crippen molar-refractivity contribution in [2.75, 3.05) is 13.1 Å². The zero-order valence-electron chi connectivity index (χ0n) is 11.9. The fraction of sp³-hybridized carbons (Fsp3) is 0.357. The highest BCUT2D eigenvalue weighted by Gasteiger charge is 2.15. The monoisotopic (exact) mass is 343 g/mol. The first-order chi connectivity index (χ1) is 9.83. The van der Waals surface area contributed by atoms with Crippen molar-refractivity contribution in [2.45, 2.75) is 18.9 Å². The summed E-state index contributed by atoms with van der Waals surface area (Å²) < 4.78 is 1.77. The first-order valence-corrected chi connectivity index (χ1v) is 6.79. The van der Waals surface area contributed by atoms with Gasteiger partial charge in [0.2, 0.25) is 0 Å². The normalized spacial score (nSPS) is 16.5. The highest BCUT2D eigenvalue weighted by molar-refractivity contribution is 5.94. The topological polar surface area (TPSA) is 71.8 Å². The van der Waals surface area contributed by atoms with Crippen LogP contribution in [-0.2, 0) is 0 Å². The maximum Gasteiger partial charge on any atom is 0.251 e. The average Bonchev–Trinajstić information content (AvgIpc) is 3.18. The van der Waals surface area contributed by atoms with E-state index < -0.39 is 0 Å². The molecule has 22 heavy (non-hydrogen) atoms. The summed E-state index contributed by atoms with van der Waals surface area (Å²) in [6.07, 6.45) is 9.08. The third kappa shape index (κ3) is 4.43. The summed E-state index contributed by atoms with van der Waals surface area (Å²) in [5, 5.41) is 6.32. The molecule has 1 atom stereocenters. The Balaban J connectivity index is 0.00000121. The van der Waals surface area contributed by atoms with Gasteiger partial charge in [0.1, 0.15) is 12.1 Å². The van der Waals surface area contributed by atoms with Crippen molar-refractivity contribution in [2.24, 2.45) is 0 Å². The van der Waals surface area contributed by atoms with Crippen molar-refractivity contribution < 1.29 is 4.79 Å². The summed E-state index contributed by atoms with van der Waals surface area (Å²) in [5.74, 6) is 0.622. The van der Waals surface area contributed by atoms with E-state index in [0.29, 0.717) is 24.0 Å². The number of imidazole rings is 1. The molecule has 120 valence electrons. The molecule has 6 nitrogen and oxygen atoms in total. The Morgan fingerprint density at radius 1 is 1.41 bits per heavy atom. The molecule has 1 amide bonds. The van der Waals surface area contributed by atoms with Crippen LogP contribution >= 0.6 is 24.8 Å². The van der Waals surface area contributed by atoms with E-state index in [1.165, 1.54) is 6.42 Å². The molecule has 1 saturated heterocycles. The third-order valence-electron chi connectivity index (χ3n) is 3.45. The van der Waals surface area contributed by atoms with Crippen molar-refractivity contribution in [3.05, 3.63) is 42.6 Å². The van der Waals surface area contributed by atoms with Crippen molar-refractivity contribution in [3.8, 4) is 5.82 Å². The maximum absolute atomic E-state index is 12.1. The summed E-state index contributed by atoms with van der Waals surface area (Å²) in [6, 6.07) is 3.88. The SMILES string of the molecule is Cl.Cl.O=C(NCC1CCCN1)c1ccnc(-n2ccnc2)c1. The van der Waals surface area contributed by atoms with Crippen LogP contribution in [0.1, 0.15) is 23.2 Å². The van der Waals surface area contributed by atoms with Gasteiger partial charge in [-0.2, -0.15) is 0 Å². The molecular weight excluding hydrogens is 325 g/mol. The van der Waals surface area contributed by atoms with Gasteiger partial charge in [0.05, 0.1) is 0 Å². The number of halogens is 2. The quantitative estimate of drug-likeness (QED) is 0.884. The lowest BCUT2D eigenvalue weighted by Crippen LogP contribution is -2.37. The van der Waals surface area contributed by atoms with E-state index in [-0.39, 0.29) is 30.7 Å². The molecule has 2 N–H and O–H groups in total. The maximum atomic E-state index is 12.1. The van der Waals surface area contributed by atoms with Crippen LogP contribution in [0, 0.1) is 0 Å². The molecule has 8 heteroatoms. The molecule has 0 saturated carbocycles. The van der Waals surface area contributed by atoms with Gasteiger partial charge in [0, 0.05) is 36.7 Å². The molecule has 2 aromatic rings. The number of aromatic nitrogens is 3. The van der Waals surface area contributed by atoms with E-state index in [0.717, 1.165) is 13.0 Å². The van der Waals surface area contributed by atoms with Crippen LogP contribution in [-0.4, -0.2) is 39.6 Å². The van der Waals surface area contributed by atoms with Crippen LogP contribution < -0.4 is 10.6 Å². The Hall–Kier alpha value is -1.63. The van der Waals surface area contributed by atoms with E-state index in [2.05, 4.69) is 20.6 Å². The van der Waals surface area contributed by atoms with Gasteiger partial charge < -0.3 is 10.6 Å². The lowest BCUT2D eigenvalue weighted by Gasteiger charge is -2.11. The highest BCUT2D eigenvalue weighted by Crippen LogP contribution is 2.08. The van der Waals surface area contributed by atoms with Gasteiger partial charge in [0.25, 0.3) is 5.91 Å². The van der Waals surface area contributed by atoms with Gasteiger partial charge in [-0.15, -0.1) is 24.8 Å². The van der Waals surface area contributed by atoms with E-state index in [1.807, 2.05) is 0 Å². The van der Waals surface area contributed by atoms with Crippen LogP contribution in [0.5, 0.6) is 0 Å². The predicted molar refractivity (Wildman–Crippen MR) is 89.2 cm³/mol. The van der Waals surface area contributed by atoms with Crippen molar-refractivity contribution in [1.29, 1.82) is 0 Å². The standard InChI is InChI=1S/C14H17N5O.2ClH/c20-14(18-9-12-2-1-4-16-12)11-3-5-17-13(8-11)19-7-6-15-10-19;;/h3,5-8,10,12,16H,1-2,4,9H2,(H,18,20);2*1H. The first kappa shape index (κ1) is 18.4. The van der Waals surface area contributed by atoms with Gasteiger partial charge >= 0.3 is 0 Å². The minimum absolute atomic E-state index is 0. The molecule has 1 unspecified atom stereocenters. The number of rotatable bonds is 4. The van der Waals surface area contributed by atoms with Gasteiger partial charge in [-0.1, -0.05) is 0 Å². The summed E-state index contributed by atoms with van der Waals surface area (Å²) in [6.45, 7) is 1.71. The number of hydrogen-bond acceptors (Lipinski definition) is 4. The molecule has 1 aliphatic rings. The number of hydrogen-bond donors (Lipinski definition) is 2. The van der Waals surface area contributed by atoms with Gasteiger partial charge in [-0.3, -0.25) is 9.36 Å². The Morgan fingerprint density at radius 3 is 2.95 bits per heavy atom. The lowest BCUT2D eigenvalue weighted by atomic mass is 10.2. The van der Waals surface area contributed by atoms with Crippen LogP contribution in [0.2, 0.25) is 0 Å². The number of carbonyl (C=O) groups is 1. The molecule has 3 heterocycles. The molecule has 1 aliphatic heterocycles. The van der Waals surface area contributed by atoms with E-state index >= 15 is 0 Å². The molecule has 0 spiro atoms. The number of pyridine rings is 1. The van der Waals surface area contributed by atoms with Crippen molar-refractivity contribution in [1.82, 2.24) is 25.2 Å². The second-order valence-electron chi connectivity index (χ2n) is 4.88. The molecule has 2 aromatic heterocycles. The average molecular weight is 344 g/mol. The molecule has 0 aliphatic carbocycles. The molecule has 0 aromatic carbocycles. The Kier molecular flexibility index (Phi) is 7.31. The smallest absolute Gasteiger partial charge is 0.251 e. The van der Waals surface area contributed by atoms with Crippen LogP contribution in [0.25, 0.3) is 5.82 Å². The van der Waals surface area contributed by atoms with E-state index in [1.54, 1.807) is 41.6 Å². The van der Waals surface area contributed by atoms with E-state index in [9.17, 15) is 4.79 Å². The van der Waals surface area contributed by atoms with Gasteiger partial charge in [0.15, 0.2) is 0 Å². The molecule has 0 radical (unpaired) electrons. The second-order valence-corrected chi connectivity index (χ2v) is 4.88. The fourth-order valence-electron chi connectivity index (χ4n) is 2.34. The summed E-state index contributed by atoms with van der Waals surface area (Å²) in [4.78, 5) is 20.3. The predicted octanol–water partition coefficient (Wildman–Crippen LogP) is 1.59. The second kappa shape index (κ2) is 8.73. The highest BCUT2D eigenvalue weighted by atomic mass is 35.5. The molecule has 3 rings (SSSR count). The Bertz CT molecular complexity index is 585. The number of nitrogens with zero attached hydrogens (tertiary/aromatic N) is 3. The number of amides is 1. The van der Waals surface area contributed by atoms with Crippen LogP contribution in [0.15, 0.2) is 37.1 Å². The summed E-state index contributed by atoms with van der Waals surface area (Å²) in [7, 11) is 0. The Morgan fingerprint density at radius 2 is 2.27 bits per heavy atom. The first-order valence-electron chi connectivity index (χ1n) is 6.79. The van der Waals surface area contributed by atoms with Gasteiger partial charge in [-0.25, -0.2) is 9.97 Å². The molecule has 1 fully saturated rings. The largest absolute Gasteiger partial charge is 0.350 e.